The molecule has 21 heavy (non-hydrogen) atoms. The molecule has 2 aromatic carbocycles. The second-order valence-corrected chi connectivity index (χ2v) is 4.74. The fourth-order valence-corrected chi connectivity index (χ4v) is 1.72. The van der Waals surface area contributed by atoms with E-state index in [1.807, 2.05) is 30.3 Å². The molecule has 0 atom stereocenters. The zero-order chi connectivity index (χ0) is 14.9. The summed E-state index contributed by atoms with van der Waals surface area (Å²) in [5, 5.41) is 16.6. The topological polar surface area (TPSA) is 65.9 Å². The molecule has 0 aromatic heterocycles. The van der Waals surface area contributed by atoms with E-state index < -0.39 is 0 Å². The van der Waals surface area contributed by atoms with Crippen molar-refractivity contribution in [2.75, 3.05) is 7.05 Å². The van der Waals surface area contributed by atoms with Crippen molar-refractivity contribution in [1.82, 2.24) is 10.1 Å². The van der Waals surface area contributed by atoms with E-state index in [2.05, 4.69) is 20.6 Å². The standard InChI is InChI=1S/C15H15N3O2S/c1-16-21-11-18-17-10-12-7-8-15(14(19)9-12)20-13-5-3-2-4-6-13/h2-10,16,18-19H,1H3/b17-10+. The molecule has 0 spiro atoms. The number of hydrogen-bond donors (Lipinski definition) is 3. The lowest BCUT2D eigenvalue weighted by Crippen LogP contribution is -1.96. The fraction of sp³-hybridized carbons (Fsp3) is 0.0667. The Morgan fingerprint density at radius 3 is 2.76 bits per heavy atom. The highest BCUT2D eigenvalue weighted by Crippen LogP contribution is 2.30. The van der Waals surface area contributed by atoms with E-state index in [1.54, 1.807) is 31.5 Å². The van der Waals surface area contributed by atoms with Gasteiger partial charge in [-0.15, -0.1) is 0 Å². The minimum Gasteiger partial charge on any atom is -0.504 e. The molecule has 2 rings (SSSR count). The van der Waals surface area contributed by atoms with E-state index >= 15 is 0 Å². The van der Waals surface area contributed by atoms with Crippen LogP contribution in [0.1, 0.15) is 5.56 Å². The first-order chi connectivity index (χ1) is 10.3. The summed E-state index contributed by atoms with van der Waals surface area (Å²) in [7, 11) is 1.78. The molecule has 0 aliphatic carbocycles. The molecule has 0 saturated carbocycles. The van der Waals surface area contributed by atoms with Crippen LogP contribution in [0.5, 0.6) is 17.2 Å². The van der Waals surface area contributed by atoms with Gasteiger partial charge in [-0.3, -0.25) is 0 Å². The number of rotatable bonds is 4. The average molecular weight is 301 g/mol. The van der Waals surface area contributed by atoms with E-state index in [0.717, 1.165) is 5.56 Å². The van der Waals surface area contributed by atoms with Crippen molar-refractivity contribution in [3.05, 3.63) is 54.1 Å². The molecule has 108 valence electrons. The number of aromatic hydroxyl groups is 1. The zero-order valence-electron chi connectivity index (χ0n) is 11.4. The molecule has 2 aromatic rings. The molecule has 6 heteroatoms. The lowest BCUT2D eigenvalue weighted by molar-refractivity contribution is 0.411. The van der Waals surface area contributed by atoms with Crippen molar-refractivity contribution in [3.8, 4) is 22.6 Å². The molecule has 0 aliphatic heterocycles. The summed E-state index contributed by atoms with van der Waals surface area (Å²) in [5.74, 6) is 1.12. The van der Waals surface area contributed by atoms with Crippen LogP contribution in [0.4, 0.5) is 0 Å². The summed E-state index contributed by atoms with van der Waals surface area (Å²) < 4.78 is 8.41. The van der Waals surface area contributed by atoms with Crippen LogP contribution in [-0.4, -0.2) is 18.4 Å². The van der Waals surface area contributed by atoms with Crippen LogP contribution in [0.15, 0.2) is 53.6 Å². The predicted molar refractivity (Wildman–Crippen MR) is 85.9 cm³/mol. The molecule has 3 N–H and O–H groups in total. The van der Waals surface area contributed by atoms with Crippen LogP contribution < -0.4 is 14.9 Å². The van der Waals surface area contributed by atoms with Gasteiger partial charge in [0.25, 0.3) is 0 Å². The molecule has 0 aliphatic rings. The maximum Gasteiger partial charge on any atom is 0.169 e. The number of hydrazone groups is 1. The third-order valence-electron chi connectivity index (χ3n) is 2.43. The summed E-state index contributed by atoms with van der Waals surface area (Å²) in [4.78, 5) is 0. The van der Waals surface area contributed by atoms with E-state index in [0.29, 0.717) is 11.5 Å². The molecule has 0 heterocycles. The van der Waals surface area contributed by atoms with Crippen LogP contribution in [0, 0.1) is 5.31 Å². The fourth-order valence-electron chi connectivity index (χ4n) is 1.52. The summed E-state index contributed by atoms with van der Waals surface area (Å²) in [6, 6.07) is 14.4. The molecule has 0 bridgehead atoms. The Hall–Kier alpha value is -2.53. The van der Waals surface area contributed by atoms with Crippen LogP contribution in [0.2, 0.25) is 0 Å². The van der Waals surface area contributed by atoms with Gasteiger partial charge < -0.3 is 9.84 Å². The Kier molecular flexibility index (Phi) is 5.60. The number of nitrogens with zero attached hydrogens (tertiary/aromatic N) is 1. The highest BCUT2D eigenvalue weighted by Gasteiger charge is 2.04. The van der Waals surface area contributed by atoms with Gasteiger partial charge in [0.2, 0.25) is 0 Å². The largest absolute Gasteiger partial charge is 0.504 e. The predicted octanol–water partition coefficient (Wildman–Crippen LogP) is 2.89. The minimum atomic E-state index is 0.0559. The third kappa shape index (κ3) is 4.81. The summed E-state index contributed by atoms with van der Waals surface area (Å²) in [5.41, 5.74) is 3.36. The van der Waals surface area contributed by atoms with Crippen molar-refractivity contribution in [3.63, 3.8) is 0 Å². The highest BCUT2D eigenvalue weighted by molar-refractivity contribution is 7.86. The van der Waals surface area contributed by atoms with Crippen molar-refractivity contribution in [1.29, 1.82) is 0 Å². The molecular formula is C15H15N3O2S. The van der Waals surface area contributed by atoms with Crippen LogP contribution in [0.25, 0.3) is 0 Å². The second kappa shape index (κ2) is 7.91. The smallest absolute Gasteiger partial charge is 0.169 e. The van der Waals surface area contributed by atoms with Crippen molar-refractivity contribution >= 4 is 17.6 Å². The van der Waals surface area contributed by atoms with Crippen LogP contribution in [0.3, 0.4) is 0 Å². The SMILES string of the molecule is CNS#CN/N=C/c1ccc(Oc2ccccc2)c(O)c1. The first kappa shape index (κ1) is 14.9. The normalized spacial score (nSPS) is 10.1. The Balaban J connectivity index is 2.04. The van der Waals surface area contributed by atoms with Gasteiger partial charge in [0.05, 0.1) is 11.5 Å². The van der Waals surface area contributed by atoms with Gasteiger partial charge in [0, 0.05) is 0 Å². The maximum absolute atomic E-state index is 9.96. The van der Waals surface area contributed by atoms with Gasteiger partial charge in [-0.2, -0.15) is 5.10 Å². The number of benzene rings is 2. The van der Waals surface area contributed by atoms with E-state index in [4.69, 9.17) is 4.74 Å². The summed E-state index contributed by atoms with van der Waals surface area (Å²) >= 11 is 1.26. The number of nitrogens with one attached hydrogen (secondary N) is 2. The summed E-state index contributed by atoms with van der Waals surface area (Å²) in [6.07, 6.45) is 1.58. The molecule has 0 saturated heterocycles. The molecular weight excluding hydrogens is 286 g/mol. The van der Waals surface area contributed by atoms with Gasteiger partial charge in [0.15, 0.2) is 11.5 Å². The number of phenols is 1. The van der Waals surface area contributed by atoms with Gasteiger partial charge in [-0.05, 0) is 54.3 Å². The van der Waals surface area contributed by atoms with Gasteiger partial charge in [-0.25, -0.2) is 10.1 Å². The van der Waals surface area contributed by atoms with Gasteiger partial charge in [0.1, 0.15) is 5.75 Å². The number of para-hydroxylation sites is 1. The zero-order valence-corrected chi connectivity index (χ0v) is 12.2. The highest BCUT2D eigenvalue weighted by atomic mass is 32.1. The van der Waals surface area contributed by atoms with E-state index in [9.17, 15) is 5.11 Å². The lowest BCUT2D eigenvalue weighted by atomic mass is 10.2. The van der Waals surface area contributed by atoms with Gasteiger partial charge in [-0.1, -0.05) is 18.2 Å². The Morgan fingerprint density at radius 2 is 2.05 bits per heavy atom. The van der Waals surface area contributed by atoms with Crippen molar-refractivity contribution in [2.45, 2.75) is 0 Å². The van der Waals surface area contributed by atoms with Crippen molar-refractivity contribution < 1.29 is 9.84 Å². The van der Waals surface area contributed by atoms with E-state index in [-0.39, 0.29) is 5.75 Å². The molecule has 0 unspecified atom stereocenters. The van der Waals surface area contributed by atoms with E-state index in [1.165, 1.54) is 11.4 Å². The third-order valence-corrected chi connectivity index (χ3v) is 2.83. The molecule has 5 nitrogen and oxygen atoms in total. The molecule has 0 radical (unpaired) electrons. The van der Waals surface area contributed by atoms with Gasteiger partial charge >= 0.3 is 0 Å². The Bertz CT molecular complexity index is 678. The monoisotopic (exact) mass is 301 g/mol. The first-order valence-corrected chi connectivity index (χ1v) is 7.03. The Morgan fingerprint density at radius 1 is 1.24 bits per heavy atom. The number of ether oxygens (including phenoxy) is 1. The summed E-state index contributed by atoms with van der Waals surface area (Å²) in [6.45, 7) is 0. The first-order valence-electron chi connectivity index (χ1n) is 6.21. The minimum absolute atomic E-state index is 0.0559. The quantitative estimate of drug-likeness (QED) is 0.352. The lowest BCUT2D eigenvalue weighted by Gasteiger charge is -2.07. The van der Waals surface area contributed by atoms with Crippen LogP contribution >= 0.6 is 11.4 Å². The number of hydrogen-bond acceptors (Lipinski definition) is 5. The molecule has 0 amide bonds. The van der Waals surface area contributed by atoms with Crippen LogP contribution in [-0.2, 0) is 0 Å². The number of phenolic OH excluding ortho intramolecular Hbond substituents is 1. The second-order valence-electron chi connectivity index (χ2n) is 3.92. The Labute approximate surface area is 127 Å². The maximum atomic E-state index is 9.96. The molecule has 0 fully saturated rings. The average Bonchev–Trinajstić information content (AvgIpc) is 2.51. The van der Waals surface area contributed by atoms with Crippen molar-refractivity contribution in [2.24, 2.45) is 5.10 Å².